The lowest BCUT2D eigenvalue weighted by Gasteiger charge is -2.26. The maximum atomic E-state index is 13.8. The SMILES string of the molecule is CC(C)C[C@@H]1NC(=O)[C@@H](Cc2ccccc2)NC(=O)c2ccc(cc2)CN(C(=O)CN(C)Cc2ccncc2)CCCCNC(=O)[C@@H](C)NC1=O. The van der Waals surface area contributed by atoms with Gasteiger partial charge in [0.15, 0.2) is 0 Å². The Hall–Kier alpha value is -5.10. The fraction of sp³-hybridized carbons (Fsp3) is 0.436. The van der Waals surface area contributed by atoms with Crippen LogP contribution in [0.15, 0.2) is 79.1 Å². The van der Waals surface area contributed by atoms with Gasteiger partial charge in [-0.1, -0.05) is 56.3 Å². The first-order chi connectivity index (χ1) is 24.5. The van der Waals surface area contributed by atoms with Crippen molar-refractivity contribution in [2.75, 3.05) is 26.7 Å². The van der Waals surface area contributed by atoms with Crippen LogP contribution in [-0.2, 0) is 38.7 Å². The third kappa shape index (κ3) is 12.6. The number of benzene rings is 2. The standard InChI is InChI=1S/C39H51N7O5/c1-27(2)22-33-38(50)42-28(3)36(48)41-18-8-9-21-46(35(47)26-45(4)24-31-16-19-40-20-17-31)25-30-12-14-32(15-13-30)37(49)43-34(39(51)44-33)23-29-10-6-5-7-11-29/h5-7,10-17,19-20,27-28,33-34H,8-9,18,21-26H2,1-4H3,(H,41,48)(H,42,50)(H,43,49)(H,44,51)/t28-,33+,34-/m1/s1. The number of carbonyl (C=O) groups is 5. The van der Waals surface area contributed by atoms with Crippen LogP contribution in [0.5, 0.6) is 0 Å². The maximum absolute atomic E-state index is 13.8. The maximum Gasteiger partial charge on any atom is 0.251 e. The van der Waals surface area contributed by atoms with E-state index in [-0.39, 0.29) is 30.7 Å². The first-order valence-electron chi connectivity index (χ1n) is 17.7. The predicted molar refractivity (Wildman–Crippen MR) is 195 cm³/mol. The van der Waals surface area contributed by atoms with Gasteiger partial charge >= 0.3 is 0 Å². The van der Waals surface area contributed by atoms with E-state index in [9.17, 15) is 24.0 Å². The van der Waals surface area contributed by atoms with Gasteiger partial charge in [0, 0.05) is 50.6 Å². The second kappa shape index (κ2) is 19.3. The minimum Gasteiger partial charge on any atom is -0.354 e. The van der Waals surface area contributed by atoms with Crippen LogP contribution in [0.3, 0.4) is 0 Å². The van der Waals surface area contributed by atoms with E-state index >= 15 is 0 Å². The van der Waals surface area contributed by atoms with Gasteiger partial charge in [-0.15, -0.1) is 0 Å². The number of likely N-dealkylation sites (N-methyl/N-ethyl adjacent to an activating group) is 1. The summed E-state index contributed by atoms with van der Waals surface area (Å²) in [4.78, 5) is 75.0. The molecule has 2 bridgehead atoms. The Bertz CT molecular complexity index is 1600. The summed E-state index contributed by atoms with van der Waals surface area (Å²) in [5.41, 5.74) is 3.10. The Labute approximate surface area is 300 Å². The molecule has 2 aliphatic rings. The third-order valence-corrected chi connectivity index (χ3v) is 8.70. The zero-order valence-corrected chi connectivity index (χ0v) is 30.1. The molecule has 5 amide bonds. The fourth-order valence-electron chi connectivity index (χ4n) is 5.91. The summed E-state index contributed by atoms with van der Waals surface area (Å²) >= 11 is 0. The minimum absolute atomic E-state index is 0.0437. The van der Waals surface area contributed by atoms with Gasteiger partial charge in [0.25, 0.3) is 5.91 Å². The molecule has 0 radical (unpaired) electrons. The van der Waals surface area contributed by atoms with Crippen molar-refractivity contribution in [3.63, 3.8) is 0 Å². The van der Waals surface area contributed by atoms with Crippen LogP contribution in [0.1, 0.15) is 67.1 Å². The minimum atomic E-state index is -0.978. The van der Waals surface area contributed by atoms with E-state index in [4.69, 9.17) is 0 Å². The molecule has 3 heterocycles. The number of nitrogens with one attached hydrogen (secondary N) is 4. The van der Waals surface area contributed by atoms with Gasteiger partial charge < -0.3 is 26.2 Å². The van der Waals surface area contributed by atoms with Gasteiger partial charge in [0.05, 0.1) is 6.54 Å². The lowest BCUT2D eigenvalue weighted by Crippen LogP contribution is -2.57. The van der Waals surface area contributed by atoms with Crippen molar-refractivity contribution in [2.45, 2.75) is 77.7 Å². The van der Waals surface area contributed by atoms with Crippen molar-refractivity contribution in [1.82, 2.24) is 36.1 Å². The zero-order chi connectivity index (χ0) is 36.8. The average Bonchev–Trinajstić information content (AvgIpc) is 3.10. The molecule has 5 rings (SSSR count). The Morgan fingerprint density at radius 3 is 2.22 bits per heavy atom. The van der Waals surface area contributed by atoms with E-state index in [0.717, 1.165) is 16.7 Å². The van der Waals surface area contributed by atoms with Gasteiger partial charge in [-0.05, 0) is 80.1 Å². The molecule has 1 aromatic heterocycles. The van der Waals surface area contributed by atoms with E-state index in [1.54, 1.807) is 36.4 Å². The molecular weight excluding hydrogens is 646 g/mol. The molecule has 0 spiro atoms. The number of nitrogens with zero attached hydrogens (tertiary/aromatic N) is 3. The van der Waals surface area contributed by atoms with Crippen LogP contribution in [0.25, 0.3) is 0 Å². The smallest absolute Gasteiger partial charge is 0.251 e. The Balaban J connectivity index is 1.56. The molecule has 2 aromatic carbocycles. The first-order valence-corrected chi connectivity index (χ1v) is 17.7. The number of carbonyl (C=O) groups excluding carboxylic acids is 5. The van der Waals surface area contributed by atoms with Crippen LogP contribution in [0.4, 0.5) is 0 Å². The molecule has 0 saturated heterocycles. The van der Waals surface area contributed by atoms with Gasteiger partial charge in [0.1, 0.15) is 18.1 Å². The van der Waals surface area contributed by atoms with Crippen molar-refractivity contribution >= 4 is 29.5 Å². The summed E-state index contributed by atoms with van der Waals surface area (Å²) in [6.07, 6.45) is 5.27. The van der Waals surface area contributed by atoms with Crippen LogP contribution < -0.4 is 21.3 Å². The number of aromatic nitrogens is 1. The number of rotatable bonds is 8. The van der Waals surface area contributed by atoms with Gasteiger partial charge in [-0.2, -0.15) is 0 Å². The summed E-state index contributed by atoms with van der Waals surface area (Å²) in [7, 11) is 1.90. The van der Waals surface area contributed by atoms with E-state index in [0.29, 0.717) is 51.0 Å². The molecule has 12 nitrogen and oxygen atoms in total. The van der Waals surface area contributed by atoms with Gasteiger partial charge in [0.2, 0.25) is 23.6 Å². The van der Waals surface area contributed by atoms with Crippen LogP contribution >= 0.6 is 0 Å². The summed E-state index contributed by atoms with van der Waals surface area (Å²) in [6, 6.07) is 17.4. The molecule has 3 atom stereocenters. The Morgan fingerprint density at radius 2 is 1.53 bits per heavy atom. The fourth-order valence-corrected chi connectivity index (χ4v) is 5.91. The Morgan fingerprint density at radius 1 is 0.843 bits per heavy atom. The summed E-state index contributed by atoms with van der Waals surface area (Å²) in [5.74, 6) is -1.75. The first kappa shape index (κ1) is 38.7. The molecule has 0 saturated carbocycles. The van der Waals surface area contributed by atoms with Crippen molar-refractivity contribution in [3.8, 4) is 0 Å². The topological polar surface area (TPSA) is 153 Å². The van der Waals surface area contributed by atoms with E-state index in [1.165, 1.54) is 0 Å². The van der Waals surface area contributed by atoms with Crippen molar-refractivity contribution in [3.05, 3.63) is 101 Å². The molecule has 51 heavy (non-hydrogen) atoms. The quantitative estimate of drug-likeness (QED) is 0.264. The highest BCUT2D eigenvalue weighted by Crippen LogP contribution is 2.13. The Kier molecular flexibility index (Phi) is 14.7. The van der Waals surface area contributed by atoms with Crippen molar-refractivity contribution < 1.29 is 24.0 Å². The van der Waals surface area contributed by atoms with Crippen LogP contribution in [0, 0.1) is 5.92 Å². The largest absolute Gasteiger partial charge is 0.354 e. The monoisotopic (exact) mass is 697 g/mol. The lowest BCUT2D eigenvalue weighted by atomic mass is 10.0. The lowest BCUT2D eigenvalue weighted by molar-refractivity contribution is -0.133. The normalized spacial score (nSPS) is 19.9. The molecule has 4 N–H and O–H groups in total. The predicted octanol–water partition coefficient (Wildman–Crippen LogP) is 2.83. The average molecular weight is 698 g/mol. The summed E-state index contributed by atoms with van der Waals surface area (Å²) in [5, 5.41) is 11.4. The highest BCUT2D eigenvalue weighted by atomic mass is 16.2. The molecule has 0 unspecified atom stereocenters. The van der Waals surface area contributed by atoms with E-state index in [2.05, 4.69) is 26.3 Å². The molecule has 3 aromatic rings. The number of amides is 5. The summed E-state index contributed by atoms with van der Waals surface area (Å²) in [6.45, 7) is 7.47. The zero-order valence-electron chi connectivity index (χ0n) is 30.1. The molecule has 0 fully saturated rings. The van der Waals surface area contributed by atoms with Crippen molar-refractivity contribution in [1.29, 1.82) is 0 Å². The highest BCUT2D eigenvalue weighted by Gasteiger charge is 2.29. The molecule has 272 valence electrons. The number of hydrogen-bond acceptors (Lipinski definition) is 7. The molecule has 12 heteroatoms. The third-order valence-electron chi connectivity index (χ3n) is 8.70. The molecule has 2 aliphatic heterocycles. The van der Waals surface area contributed by atoms with Gasteiger partial charge in [-0.3, -0.25) is 33.9 Å². The number of pyridine rings is 1. The number of fused-ring (bicyclic) bond motifs is 18. The highest BCUT2D eigenvalue weighted by molar-refractivity contribution is 5.99. The second-order valence-electron chi connectivity index (χ2n) is 13.7. The van der Waals surface area contributed by atoms with E-state index in [1.807, 2.05) is 80.4 Å². The molecular formula is C39H51N7O5. The van der Waals surface area contributed by atoms with E-state index < -0.39 is 35.8 Å². The summed E-state index contributed by atoms with van der Waals surface area (Å²) < 4.78 is 0. The number of hydrogen-bond donors (Lipinski definition) is 4. The van der Waals surface area contributed by atoms with Crippen LogP contribution in [0.2, 0.25) is 0 Å². The van der Waals surface area contributed by atoms with Gasteiger partial charge in [-0.25, -0.2) is 0 Å². The van der Waals surface area contributed by atoms with Crippen molar-refractivity contribution in [2.24, 2.45) is 5.92 Å². The molecule has 0 aliphatic carbocycles. The van der Waals surface area contributed by atoms with Crippen LogP contribution in [-0.4, -0.2) is 89.1 Å². The second-order valence-corrected chi connectivity index (χ2v) is 13.7.